The largest absolute Gasteiger partial charge is 0.494 e. The molecule has 184 valence electrons. The summed E-state index contributed by atoms with van der Waals surface area (Å²) < 4.78 is 32.6. The van der Waals surface area contributed by atoms with Crippen LogP contribution in [0, 0.1) is 5.82 Å². The van der Waals surface area contributed by atoms with Gasteiger partial charge >= 0.3 is 13.2 Å². The lowest BCUT2D eigenvalue weighted by Crippen LogP contribution is -2.44. The topological polar surface area (TPSA) is 85.8 Å². The number of anilines is 1. The van der Waals surface area contributed by atoms with E-state index >= 15 is 4.39 Å². The highest BCUT2D eigenvalue weighted by Gasteiger charge is 2.51. The minimum absolute atomic E-state index is 0.0863. The number of hydrogen-bond donors (Lipinski definition) is 1. The molecule has 2 fully saturated rings. The maximum atomic E-state index is 15.0. The van der Waals surface area contributed by atoms with Crippen LogP contribution in [0.5, 0.6) is 0 Å². The average molecular weight is 472 g/mol. The van der Waals surface area contributed by atoms with Crippen LogP contribution in [0.25, 0.3) is 10.9 Å². The minimum atomic E-state index is -0.656. The molecule has 0 unspecified atom stereocenters. The number of nitrogens with one attached hydrogen (secondary N) is 1. The first-order chi connectivity index (χ1) is 15.7. The van der Waals surface area contributed by atoms with Crippen molar-refractivity contribution in [2.75, 3.05) is 18.4 Å². The second kappa shape index (κ2) is 8.64. The van der Waals surface area contributed by atoms with Crippen LogP contribution in [0.1, 0.15) is 61.3 Å². The maximum absolute atomic E-state index is 15.0. The average Bonchev–Trinajstić information content (AvgIpc) is 2.95. The smallest absolute Gasteiger partial charge is 0.444 e. The molecule has 2 aliphatic heterocycles. The zero-order chi connectivity index (χ0) is 24.9. The number of ether oxygens (including phenoxy) is 1. The zero-order valence-corrected chi connectivity index (χ0v) is 21.1. The molecule has 34 heavy (non-hydrogen) atoms. The van der Waals surface area contributed by atoms with Gasteiger partial charge < -0.3 is 24.3 Å². The summed E-state index contributed by atoms with van der Waals surface area (Å²) in [6.45, 7) is 14.6. The Morgan fingerprint density at radius 1 is 1.18 bits per heavy atom. The molecular formula is C24H34BFN4O4. The normalized spacial score (nSPS) is 20.6. The lowest BCUT2D eigenvalue weighted by molar-refractivity contribution is 0.00578. The van der Waals surface area contributed by atoms with Gasteiger partial charge in [0.1, 0.15) is 16.9 Å². The molecule has 1 N–H and O–H groups in total. The van der Waals surface area contributed by atoms with Crippen molar-refractivity contribution in [1.82, 2.24) is 14.9 Å². The Kier molecular flexibility index (Phi) is 6.27. The molecule has 0 atom stereocenters. The Labute approximate surface area is 200 Å². The van der Waals surface area contributed by atoms with Crippen molar-refractivity contribution in [2.24, 2.45) is 0 Å². The van der Waals surface area contributed by atoms with E-state index < -0.39 is 29.7 Å². The SMILES string of the molecule is CC(C)(C)OC(=O)N1CCC(Nc2ncc3cc(B4OC(C)(C)C(C)(C)O4)cc(F)c3n2)CC1. The highest BCUT2D eigenvalue weighted by molar-refractivity contribution is 6.62. The summed E-state index contributed by atoms with van der Waals surface area (Å²) in [5.41, 5.74) is -0.692. The van der Waals surface area contributed by atoms with Crippen LogP contribution in [0.15, 0.2) is 18.3 Å². The molecule has 2 aromatic rings. The van der Waals surface area contributed by atoms with Crippen LogP contribution in [0.2, 0.25) is 0 Å². The molecule has 0 spiro atoms. The Balaban J connectivity index is 1.42. The van der Waals surface area contributed by atoms with E-state index in [4.69, 9.17) is 14.0 Å². The van der Waals surface area contributed by atoms with Crippen LogP contribution in [0.4, 0.5) is 15.1 Å². The maximum Gasteiger partial charge on any atom is 0.494 e. The molecule has 1 aromatic heterocycles. The van der Waals surface area contributed by atoms with Gasteiger partial charge in [0.15, 0.2) is 0 Å². The fourth-order valence-electron chi connectivity index (χ4n) is 4.02. The molecule has 0 radical (unpaired) electrons. The van der Waals surface area contributed by atoms with Crippen LogP contribution in [-0.4, -0.2) is 64.0 Å². The van der Waals surface area contributed by atoms with E-state index in [1.165, 1.54) is 6.07 Å². The highest BCUT2D eigenvalue weighted by Crippen LogP contribution is 2.36. The van der Waals surface area contributed by atoms with E-state index in [-0.39, 0.29) is 17.7 Å². The van der Waals surface area contributed by atoms with Gasteiger partial charge in [-0.3, -0.25) is 0 Å². The molecule has 0 bridgehead atoms. The van der Waals surface area contributed by atoms with Crippen molar-refractivity contribution in [2.45, 2.75) is 84.2 Å². The van der Waals surface area contributed by atoms with Crippen LogP contribution in [0.3, 0.4) is 0 Å². The first kappa shape index (κ1) is 24.7. The Bertz CT molecular complexity index is 1060. The Hall–Kier alpha value is -2.46. The number of piperidine rings is 1. The monoisotopic (exact) mass is 472 g/mol. The summed E-state index contributed by atoms with van der Waals surface area (Å²) in [5.74, 6) is -0.0853. The second-order valence-electron chi connectivity index (χ2n) is 11.1. The van der Waals surface area contributed by atoms with E-state index in [9.17, 15) is 4.79 Å². The fraction of sp³-hybridized carbons (Fsp3) is 0.625. The zero-order valence-electron chi connectivity index (χ0n) is 21.1. The molecule has 0 saturated carbocycles. The number of aromatic nitrogens is 2. The van der Waals surface area contributed by atoms with Gasteiger partial charge in [0, 0.05) is 30.7 Å². The van der Waals surface area contributed by atoms with E-state index in [1.54, 1.807) is 11.1 Å². The molecule has 3 heterocycles. The number of amides is 1. The minimum Gasteiger partial charge on any atom is -0.444 e. The molecular weight excluding hydrogens is 438 g/mol. The predicted molar refractivity (Wildman–Crippen MR) is 130 cm³/mol. The predicted octanol–water partition coefficient (Wildman–Crippen LogP) is 3.88. The Morgan fingerprint density at radius 3 is 2.38 bits per heavy atom. The summed E-state index contributed by atoms with van der Waals surface area (Å²) in [6, 6.07) is 3.31. The molecule has 2 saturated heterocycles. The second-order valence-corrected chi connectivity index (χ2v) is 11.1. The molecule has 1 aromatic carbocycles. The highest BCUT2D eigenvalue weighted by atomic mass is 19.1. The molecule has 0 aliphatic carbocycles. The van der Waals surface area contributed by atoms with Crippen molar-refractivity contribution >= 4 is 35.5 Å². The number of hydrogen-bond acceptors (Lipinski definition) is 7. The summed E-state index contributed by atoms with van der Waals surface area (Å²) in [7, 11) is -0.656. The Morgan fingerprint density at radius 2 is 1.79 bits per heavy atom. The van der Waals surface area contributed by atoms with Gasteiger partial charge in [-0.1, -0.05) is 6.07 Å². The quantitative estimate of drug-likeness (QED) is 0.679. The van der Waals surface area contributed by atoms with Gasteiger partial charge in [0.25, 0.3) is 0 Å². The number of nitrogens with zero attached hydrogens (tertiary/aromatic N) is 3. The van der Waals surface area contributed by atoms with Gasteiger partial charge in [-0.05, 0) is 72.8 Å². The van der Waals surface area contributed by atoms with Gasteiger partial charge in [-0.2, -0.15) is 0 Å². The molecule has 4 rings (SSSR count). The number of rotatable bonds is 3. The van der Waals surface area contributed by atoms with E-state index in [0.29, 0.717) is 29.9 Å². The lowest BCUT2D eigenvalue weighted by atomic mass is 9.78. The summed E-state index contributed by atoms with van der Waals surface area (Å²) >= 11 is 0. The van der Waals surface area contributed by atoms with Gasteiger partial charge in [-0.25, -0.2) is 19.2 Å². The van der Waals surface area contributed by atoms with Gasteiger partial charge in [0.2, 0.25) is 5.95 Å². The van der Waals surface area contributed by atoms with Gasteiger partial charge in [-0.15, -0.1) is 0 Å². The summed E-state index contributed by atoms with van der Waals surface area (Å²) in [5, 5.41) is 3.86. The standard InChI is InChI=1S/C24H34BFN4O4/c1-22(2,3)32-21(31)30-10-8-17(9-11-30)28-20-27-14-15-12-16(13-18(26)19(15)29-20)25-33-23(4,5)24(6,7)34-25/h12-14,17H,8-11H2,1-7H3,(H,27,28,29). The van der Waals surface area contributed by atoms with Crippen LogP contribution >= 0.6 is 0 Å². The van der Waals surface area contributed by atoms with Crippen molar-refractivity contribution in [1.29, 1.82) is 0 Å². The third kappa shape index (κ3) is 5.12. The van der Waals surface area contributed by atoms with E-state index in [1.807, 2.05) is 54.5 Å². The summed E-state index contributed by atoms with van der Waals surface area (Å²) in [4.78, 5) is 22.8. The van der Waals surface area contributed by atoms with E-state index in [0.717, 1.165) is 12.8 Å². The van der Waals surface area contributed by atoms with Crippen LogP contribution < -0.4 is 10.8 Å². The molecule has 8 nitrogen and oxygen atoms in total. The van der Waals surface area contributed by atoms with Gasteiger partial charge in [0.05, 0.1) is 11.2 Å². The third-order valence-corrected chi connectivity index (χ3v) is 6.66. The number of halogens is 1. The number of benzene rings is 1. The number of carbonyl (C=O) groups excluding carboxylic acids is 1. The first-order valence-electron chi connectivity index (χ1n) is 11.8. The van der Waals surface area contributed by atoms with Crippen molar-refractivity contribution < 1.29 is 23.2 Å². The number of carbonyl (C=O) groups is 1. The molecule has 10 heteroatoms. The van der Waals surface area contributed by atoms with Crippen molar-refractivity contribution in [3.8, 4) is 0 Å². The molecule has 1 amide bonds. The fourth-order valence-corrected chi connectivity index (χ4v) is 4.02. The number of likely N-dealkylation sites (tertiary alicyclic amines) is 1. The third-order valence-electron chi connectivity index (χ3n) is 6.66. The first-order valence-corrected chi connectivity index (χ1v) is 11.8. The van der Waals surface area contributed by atoms with E-state index in [2.05, 4.69) is 15.3 Å². The van der Waals surface area contributed by atoms with Crippen molar-refractivity contribution in [3.63, 3.8) is 0 Å². The molecule has 2 aliphatic rings. The lowest BCUT2D eigenvalue weighted by Gasteiger charge is -2.33. The van der Waals surface area contributed by atoms with Crippen molar-refractivity contribution in [3.05, 3.63) is 24.1 Å². The number of fused-ring (bicyclic) bond motifs is 1. The summed E-state index contributed by atoms with van der Waals surface area (Å²) in [6.07, 6.45) is 2.76. The van der Waals surface area contributed by atoms with Crippen LogP contribution in [-0.2, 0) is 14.0 Å².